The average Bonchev–Trinajstić information content (AvgIpc) is 2.42. The highest BCUT2D eigenvalue weighted by Crippen LogP contribution is 2.30. The maximum Gasteiger partial charge on any atom is 0.303 e. The topological polar surface area (TPSA) is 60.8 Å². The number of carboxylic acid groups (broad SMARTS) is 1. The Kier molecular flexibility index (Phi) is 5.26. The molecule has 110 valence electrons. The molecule has 2 N–H and O–H groups in total. The fourth-order valence-electron chi connectivity index (χ4n) is 2.79. The molecule has 1 saturated heterocycles. The van der Waals surface area contributed by atoms with Crippen LogP contribution in [-0.2, 0) is 11.3 Å². The Morgan fingerprint density at radius 3 is 2.90 bits per heavy atom. The number of piperidine rings is 1. The second-order valence-electron chi connectivity index (χ2n) is 5.29. The molecular formula is C15H20ClNO3. The molecule has 0 amide bonds. The van der Waals surface area contributed by atoms with Gasteiger partial charge >= 0.3 is 5.97 Å². The molecule has 1 aliphatic rings. The number of rotatable bonds is 5. The van der Waals surface area contributed by atoms with Gasteiger partial charge in [-0.2, -0.15) is 0 Å². The molecule has 0 saturated carbocycles. The van der Waals surface area contributed by atoms with Crippen molar-refractivity contribution in [1.29, 1.82) is 0 Å². The number of hydrogen-bond donors (Lipinski definition) is 2. The molecule has 1 atom stereocenters. The summed E-state index contributed by atoms with van der Waals surface area (Å²) in [6, 6.07) is 5.39. The summed E-state index contributed by atoms with van der Waals surface area (Å²) >= 11 is 6.14. The fraction of sp³-hybridized carbons (Fsp3) is 0.533. The van der Waals surface area contributed by atoms with Gasteiger partial charge in [-0.25, -0.2) is 0 Å². The van der Waals surface area contributed by atoms with E-state index < -0.39 is 5.97 Å². The van der Waals surface area contributed by atoms with E-state index >= 15 is 0 Å². The van der Waals surface area contributed by atoms with E-state index in [1.165, 1.54) is 0 Å². The first kappa shape index (κ1) is 15.1. The number of carbonyl (C=O) groups is 1. The van der Waals surface area contributed by atoms with Crippen molar-refractivity contribution in [2.24, 2.45) is 0 Å². The molecule has 4 nitrogen and oxygen atoms in total. The highest BCUT2D eigenvalue weighted by atomic mass is 35.5. The first-order chi connectivity index (χ1) is 9.58. The SMILES string of the molecule is O=C(O)CCC1CCCCN1Cc1c(O)cccc1Cl. The van der Waals surface area contributed by atoms with Gasteiger partial charge in [0.15, 0.2) is 0 Å². The lowest BCUT2D eigenvalue weighted by molar-refractivity contribution is -0.137. The molecule has 20 heavy (non-hydrogen) atoms. The molecule has 2 rings (SSSR count). The number of carboxylic acids is 1. The summed E-state index contributed by atoms with van der Waals surface area (Å²) in [5.41, 5.74) is 0.733. The lowest BCUT2D eigenvalue weighted by atomic mass is 9.97. The van der Waals surface area contributed by atoms with E-state index in [0.717, 1.165) is 31.4 Å². The molecule has 1 aromatic rings. The smallest absolute Gasteiger partial charge is 0.303 e. The number of aliphatic carboxylic acids is 1. The predicted molar refractivity (Wildman–Crippen MR) is 78.0 cm³/mol. The van der Waals surface area contributed by atoms with Crippen LogP contribution in [0, 0.1) is 0 Å². The second-order valence-corrected chi connectivity index (χ2v) is 5.70. The molecule has 0 aliphatic carbocycles. The minimum absolute atomic E-state index is 0.190. The molecule has 0 aromatic heterocycles. The maximum atomic E-state index is 10.7. The van der Waals surface area contributed by atoms with Gasteiger partial charge in [0.2, 0.25) is 0 Å². The first-order valence-corrected chi connectivity index (χ1v) is 7.38. The number of hydrogen-bond acceptors (Lipinski definition) is 3. The lowest BCUT2D eigenvalue weighted by Gasteiger charge is -2.36. The molecule has 0 radical (unpaired) electrons. The third-order valence-electron chi connectivity index (χ3n) is 3.90. The van der Waals surface area contributed by atoms with Crippen LogP contribution in [0.15, 0.2) is 18.2 Å². The van der Waals surface area contributed by atoms with Crippen molar-refractivity contribution in [1.82, 2.24) is 4.90 Å². The van der Waals surface area contributed by atoms with Crippen molar-refractivity contribution < 1.29 is 15.0 Å². The van der Waals surface area contributed by atoms with Crippen molar-refractivity contribution in [3.63, 3.8) is 0 Å². The summed E-state index contributed by atoms with van der Waals surface area (Å²) in [5, 5.41) is 19.3. The molecule has 1 fully saturated rings. The molecule has 0 bridgehead atoms. The highest BCUT2D eigenvalue weighted by molar-refractivity contribution is 6.31. The van der Waals surface area contributed by atoms with Crippen LogP contribution in [0.25, 0.3) is 0 Å². The molecule has 0 spiro atoms. The third-order valence-corrected chi connectivity index (χ3v) is 4.25. The third kappa shape index (κ3) is 3.87. The van der Waals surface area contributed by atoms with E-state index in [9.17, 15) is 9.90 Å². The Bertz CT molecular complexity index is 458. The maximum absolute atomic E-state index is 10.7. The van der Waals surface area contributed by atoms with Gasteiger partial charge in [0.25, 0.3) is 0 Å². The standard InChI is InChI=1S/C15H20ClNO3/c16-13-5-3-6-14(18)12(13)10-17-9-2-1-4-11(17)7-8-15(19)20/h3,5-6,11,18H,1-2,4,7-10H2,(H,19,20). The number of halogens is 1. The minimum Gasteiger partial charge on any atom is -0.508 e. The Hall–Kier alpha value is -1.26. The summed E-state index contributed by atoms with van der Waals surface area (Å²) in [6.07, 6.45) is 4.10. The predicted octanol–water partition coefficient (Wildman–Crippen LogP) is 3.26. The molecule has 1 unspecified atom stereocenters. The van der Waals surface area contributed by atoms with Gasteiger partial charge in [-0.3, -0.25) is 9.69 Å². The van der Waals surface area contributed by atoms with Crippen molar-refractivity contribution in [2.75, 3.05) is 6.54 Å². The fourth-order valence-corrected chi connectivity index (χ4v) is 3.02. The van der Waals surface area contributed by atoms with Gasteiger partial charge in [0.1, 0.15) is 5.75 Å². The zero-order valence-electron chi connectivity index (χ0n) is 11.4. The summed E-state index contributed by atoms with van der Waals surface area (Å²) in [4.78, 5) is 13.0. The Morgan fingerprint density at radius 2 is 2.20 bits per heavy atom. The van der Waals surface area contributed by atoms with E-state index in [0.29, 0.717) is 18.0 Å². The van der Waals surface area contributed by atoms with Gasteiger partial charge in [0.05, 0.1) is 0 Å². The molecular weight excluding hydrogens is 278 g/mol. The van der Waals surface area contributed by atoms with Crippen molar-refractivity contribution in [2.45, 2.75) is 44.7 Å². The molecule has 1 heterocycles. The van der Waals surface area contributed by atoms with E-state index in [-0.39, 0.29) is 18.2 Å². The van der Waals surface area contributed by atoms with Gasteiger partial charge < -0.3 is 10.2 Å². The normalized spacial score (nSPS) is 19.9. The Morgan fingerprint density at radius 1 is 1.40 bits per heavy atom. The van der Waals surface area contributed by atoms with Gasteiger partial charge in [-0.1, -0.05) is 24.1 Å². The first-order valence-electron chi connectivity index (χ1n) is 7.00. The van der Waals surface area contributed by atoms with Crippen LogP contribution in [0.2, 0.25) is 5.02 Å². The van der Waals surface area contributed by atoms with E-state index in [1.54, 1.807) is 18.2 Å². The van der Waals surface area contributed by atoms with Crippen LogP contribution in [0.3, 0.4) is 0 Å². The Labute approximate surface area is 124 Å². The molecule has 1 aliphatic heterocycles. The van der Waals surface area contributed by atoms with E-state index in [4.69, 9.17) is 16.7 Å². The zero-order valence-corrected chi connectivity index (χ0v) is 12.1. The number of benzene rings is 1. The van der Waals surface area contributed by atoms with E-state index in [2.05, 4.69) is 4.90 Å². The lowest BCUT2D eigenvalue weighted by Crippen LogP contribution is -2.39. The monoisotopic (exact) mass is 297 g/mol. The van der Waals surface area contributed by atoms with Crippen LogP contribution in [0.5, 0.6) is 5.75 Å². The number of nitrogens with zero attached hydrogens (tertiary/aromatic N) is 1. The number of phenolic OH excluding ortho intramolecular Hbond substituents is 1. The van der Waals surface area contributed by atoms with Crippen LogP contribution in [-0.4, -0.2) is 33.7 Å². The number of phenols is 1. The quantitative estimate of drug-likeness (QED) is 0.876. The van der Waals surface area contributed by atoms with Crippen molar-refractivity contribution >= 4 is 17.6 Å². The summed E-state index contributed by atoms with van der Waals surface area (Å²) in [6.45, 7) is 1.50. The van der Waals surface area contributed by atoms with Gasteiger partial charge in [-0.15, -0.1) is 0 Å². The number of likely N-dealkylation sites (tertiary alicyclic amines) is 1. The summed E-state index contributed by atoms with van der Waals surface area (Å²) in [7, 11) is 0. The molecule has 1 aromatic carbocycles. The highest BCUT2D eigenvalue weighted by Gasteiger charge is 2.24. The van der Waals surface area contributed by atoms with Gasteiger partial charge in [-0.05, 0) is 37.9 Å². The Balaban J connectivity index is 2.06. The number of aromatic hydroxyl groups is 1. The van der Waals surface area contributed by atoms with Crippen molar-refractivity contribution in [3.8, 4) is 5.75 Å². The van der Waals surface area contributed by atoms with Crippen LogP contribution in [0.4, 0.5) is 0 Å². The minimum atomic E-state index is -0.754. The van der Waals surface area contributed by atoms with Crippen LogP contribution in [0.1, 0.15) is 37.7 Å². The largest absolute Gasteiger partial charge is 0.508 e. The molecule has 5 heteroatoms. The van der Waals surface area contributed by atoms with Crippen molar-refractivity contribution in [3.05, 3.63) is 28.8 Å². The summed E-state index contributed by atoms with van der Waals surface area (Å²) < 4.78 is 0. The van der Waals surface area contributed by atoms with E-state index in [1.807, 2.05) is 0 Å². The van der Waals surface area contributed by atoms with Crippen LogP contribution < -0.4 is 0 Å². The summed E-state index contributed by atoms with van der Waals surface area (Å²) in [5.74, 6) is -0.545. The van der Waals surface area contributed by atoms with Gasteiger partial charge in [0, 0.05) is 29.6 Å². The van der Waals surface area contributed by atoms with Crippen LogP contribution >= 0.6 is 11.6 Å². The average molecular weight is 298 g/mol. The zero-order chi connectivity index (χ0) is 14.5. The second kappa shape index (κ2) is 6.95.